The maximum atomic E-state index is 13.3. The summed E-state index contributed by atoms with van der Waals surface area (Å²) in [5.41, 5.74) is 0. The molecule has 1 fully saturated rings. The molecule has 0 aromatic rings. The Morgan fingerprint density at radius 3 is 3.08 bits per heavy atom. The number of fused-ring (bicyclic) bond motifs is 1. The van der Waals surface area contributed by atoms with Gasteiger partial charge in [-0.25, -0.2) is 4.39 Å². The molecule has 0 amide bonds. The van der Waals surface area contributed by atoms with Gasteiger partial charge in [-0.1, -0.05) is 17.7 Å². The highest BCUT2D eigenvalue weighted by Gasteiger charge is 2.44. The maximum absolute atomic E-state index is 13.3. The Labute approximate surface area is 75.1 Å². The molecule has 0 heterocycles. The van der Waals surface area contributed by atoms with E-state index < -0.39 is 0 Å². The van der Waals surface area contributed by atoms with Gasteiger partial charge in [0.15, 0.2) is 0 Å². The van der Waals surface area contributed by atoms with Gasteiger partial charge in [0, 0.05) is 5.92 Å². The van der Waals surface area contributed by atoms with Crippen LogP contribution in [0.15, 0.2) is 23.0 Å². The van der Waals surface area contributed by atoms with Gasteiger partial charge >= 0.3 is 0 Å². The lowest BCUT2D eigenvalue weighted by molar-refractivity contribution is 0.162. The molecule has 2 rings (SSSR count). The lowest BCUT2D eigenvalue weighted by Gasteiger charge is -2.40. The van der Waals surface area contributed by atoms with E-state index >= 15 is 0 Å². The van der Waals surface area contributed by atoms with Gasteiger partial charge in [0.25, 0.3) is 0 Å². The molecule has 62 valence electrons. The van der Waals surface area contributed by atoms with Gasteiger partial charge in [0.2, 0.25) is 0 Å². The van der Waals surface area contributed by atoms with E-state index in [0.717, 1.165) is 6.42 Å². The first-order valence-electron chi connectivity index (χ1n) is 3.87. The third kappa shape index (κ3) is 0.899. The molecular weight excluding hydrogens is 177 g/mol. The zero-order valence-electron chi connectivity index (χ0n) is 6.30. The number of halogens is 2. The average Bonchev–Trinajstić information content (AvgIpc) is 2.00. The molecule has 1 nitrogen and oxygen atoms in total. The van der Waals surface area contributed by atoms with Crippen molar-refractivity contribution in [2.24, 2.45) is 17.8 Å². The Kier molecular flexibility index (Phi) is 1.69. The summed E-state index contributed by atoms with van der Waals surface area (Å²) in [7, 11) is 0. The third-order valence-corrected chi connectivity index (χ3v) is 2.90. The van der Waals surface area contributed by atoms with Crippen molar-refractivity contribution < 1.29 is 4.39 Å². The van der Waals surface area contributed by atoms with Crippen molar-refractivity contribution in [1.82, 2.24) is 0 Å². The smallest absolute Gasteiger partial charge is 0.123 e. The predicted molar refractivity (Wildman–Crippen MR) is 43.8 cm³/mol. The highest BCUT2D eigenvalue weighted by atomic mass is 35.5. The zero-order valence-corrected chi connectivity index (χ0v) is 7.05. The van der Waals surface area contributed by atoms with Crippen LogP contribution in [0.4, 0.5) is 4.39 Å². The lowest BCUT2D eigenvalue weighted by atomic mass is 9.63. The van der Waals surface area contributed by atoms with Gasteiger partial charge in [-0.2, -0.15) is 5.26 Å². The molecule has 0 aromatic heterocycles. The molecule has 0 radical (unpaired) electrons. The Hall–Kier alpha value is -0.810. The van der Waals surface area contributed by atoms with Crippen LogP contribution in [-0.4, -0.2) is 0 Å². The summed E-state index contributed by atoms with van der Waals surface area (Å²) >= 11 is 5.59. The fraction of sp³-hybridized carbons (Fsp3) is 0.444. The average molecular weight is 184 g/mol. The summed E-state index contributed by atoms with van der Waals surface area (Å²) in [5.74, 6) is -0.527. The Morgan fingerprint density at radius 1 is 1.67 bits per heavy atom. The summed E-state index contributed by atoms with van der Waals surface area (Å²) in [6, 6.07) is 2.08. The Bertz CT molecular complexity index is 313. The molecule has 0 aromatic carbocycles. The maximum Gasteiger partial charge on any atom is 0.123 e. The monoisotopic (exact) mass is 183 g/mol. The Morgan fingerprint density at radius 2 is 2.42 bits per heavy atom. The van der Waals surface area contributed by atoms with E-state index in [-0.39, 0.29) is 28.6 Å². The van der Waals surface area contributed by atoms with Gasteiger partial charge in [0.05, 0.1) is 17.0 Å². The van der Waals surface area contributed by atoms with Crippen LogP contribution < -0.4 is 0 Å². The predicted octanol–water partition coefficient (Wildman–Crippen LogP) is 2.75. The van der Waals surface area contributed by atoms with E-state index in [4.69, 9.17) is 16.9 Å². The van der Waals surface area contributed by atoms with Crippen molar-refractivity contribution in [1.29, 1.82) is 5.26 Å². The van der Waals surface area contributed by atoms with Crippen molar-refractivity contribution in [3.8, 4) is 6.07 Å². The molecule has 3 atom stereocenters. The van der Waals surface area contributed by atoms with E-state index in [1.165, 1.54) is 0 Å². The van der Waals surface area contributed by atoms with Gasteiger partial charge in [-0.05, 0) is 18.4 Å². The molecule has 0 saturated heterocycles. The molecule has 1 saturated carbocycles. The number of rotatable bonds is 0. The first-order valence-corrected chi connectivity index (χ1v) is 4.25. The van der Waals surface area contributed by atoms with Crippen molar-refractivity contribution in [3.63, 3.8) is 0 Å². The number of nitriles is 1. The van der Waals surface area contributed by atoms with E-state index in [0.29, 0.717) is 0 Å². The fourth-order valence-electron chi connectivity index (χ4n) is 1.83. The van der Waals surface area contributed by atoms with E-state index in [2.05, 4.69) is 6.07 Å². The molecule has 1 unspecified atom stereocenters. The first kappa shape index (κ1) is 7.82. The van der Waals surface area contributed by atoms with E-state index in [9.17, 15) is 4.39 Å². The van der Waals surface area contributed by atoms with Gasteiger partial charge < -0.3 is 0 Å². The molecular formula is C9H7ClFN. The Balaban J connectivity index is 2.28. The van der Waals surface area contributed by atoms with Crippen molar-refractivity contribution in [2.75, 3.05) is 0 Å². The minimum absolute atomic E-state index is 0.163. The van der Waals surface area contributed by atoms with Crippen LogP contribution in [0.1, 0.15) is 6.42 Å². The van der Waals surface area contributed by atoms with Crippen LogP contribution in [0.25, 0.3) is 0 Å². The highest BCUT2D eigenvalue weighted by Crippen LogP contribution is 2.49. The van der Waals surface area contributed by atoms with Crippen molar-refractivity contribution in [2.45, 2.75) is 6.42 Å². The largest absolute Gasteiger partial charge is 0.210 e. The number of hydrogen-bond donors (Lipinski definition) is 0. The quantitative estimate of drug-likeness (QED) is 0.567. The second-order valence-electron chi connectivity index (χ2n) is 3.22. The molecule has 2 aliphatic rings. The summed E-state index contributed by atoms with van der Waals surface area (Å²) in [6.07, 6.45) is 4.25. The van der Waals surface area contributed by atoms with Gasteiger partial charge in [-0.15, -0.1) is 0 Å². The topological polar surface area (TPSA) is 23.8 Å². The summed E-state index contributed by atoms with van der Waals surface area (Å²) in [4.78, 5) is 0. The number of hydrogen-bond acceptors (Lipinski definition) is 1. The number of allylic oxidation sites excluding steroid dienone is 4. The first-order chi connectivity index (χ1) is 5.74. The standard InChI is InChI=1S/C9H7ClFN/c10-7-2-1-5-3-6(4-12)8(5)9(7)11/h1-2,5-6,8H,3H2/t5-,6-,8?/m1/s1. The van der Waals surface area contributed by atoms with Crippen LogP contribution in [0.3, 0.4) is 0 Å². The zero-order chi connectivity index (χ0) is 8.72. The lowest BCUT2D eigenvalue weighted by Crippen LogP contribution is -2.36. The molecule has 2 aliphatic carbocycles. The van der Waals surface area contributed by atoms with Crippen molar-refractivity contribution >= 4 is 11.6 Å². The highest BCUT2D eigenvalue weighted by molar-refractivity contribution is 6.31. The van der Waals surface area contributed by atoms with Crippen molar-refractivity contribution in [3.05, 3.63) is 23.0 Å². The molecule has 0 bridgehead atoms. The molecule has 0 spiro atoms. The summed E-state index contributed by atoms with van der Waals surface area (Å²) < 4.78 is 13.3. The van der Waals surface area contributed by atoms with Crippen LogP contribution in [0.5, 0.6) is 0 Å². The van der Waals surface area contributed by atoms with E-state index in [1.54, 1.807) is 6.08 Å². The van der Waals surface area contributed by atoms with Gasteiger partial charge in [0.1, 0.15) is 5.83 Å². The second kappa shape index (κ2) is 2.60. The van der Waals surface area contributed by atoms with Crippen LogP contribution >= 0.6 is 11.6 Å². The van der Waals surface area contributed by atoms with Crippen LogP contribution in [0.2, 0.25) is 0 Å². The summed E-state index contributed by atoms with van der Waals surface area (Å²) in [5, 5.41) is 8.79. The SMILES string of the molecule is N#C[C@H]1C[C@H]2C=CC(Cl)=C(F)C21. The normalized spacial score (nSPS) is 38.6. The molecule has 0 N–H and O–H groups in total. The van der Waals surface area contributed by atoms with Crippen LogP contribution in [0, 0.1) is 29.1 Å². The second-order valence-corrected chi connectivity index (χ2v) is 3.62. The minimum atomic E-state index is -0.304. The van der Waals surface area contributed by atoms with E-state index in [1.807, 2.05) is 6.08 Å². The minimum Gasteiger partial charge on any atom is -0.210 e. The van der Waals surface area contributed by atoms with Crippen LogP contribution in [-0.2, 0) is 0 Å². The third-order valence-electron chi connectivity index (χ3n) is 2.60. The molecule has 12 heavy (non-hydrogen) atoms. The number of nitrogens with zero attached hydrogens (tertiary/aromatic N) is 1. The van der Waals surface area contributed by atoms with Gasteiger partial charge in [-0.3, -0.25) is 0 Å². The fourth-order valence-corrected chi connectivity index (χ4v) is 2.03. The molecule has 3 heteroatoms. The molecule has 0 aliphatic heterocycles. The summed E-state index contributed by atoms with van der Waals surface area (Å²) in [6.45, 7) is 0.